The number of carbonyl (C=O) groups is 2. The van der Waals surface area contributed by atoms with E-state index in [4.69, 9.17) is 5.26 Å². The van der Waals surface area contributed by atoms with Crippen LogP contribution in [0.3, 0.4) is 0 Å². The van der Waals surface area contributed by atoms with E-state index in [1.165, 1.54) is 12.1 Å². The molecule has 0 aromatic heterocycles. The molecule has 5 nitrogen and oxygen atoms in total. The molecule has 0 aliphatic rings. The number of methoxy groups -OCH3 is 1. The van der Waals surface area contributed by atoms with Crippen LogP contribution in [0.1, 0.15) is 5.56 Å². The Morgan fingerprint density at radius 1 is 1.40 bits per heavy atom. The first-order valence-electron chi connectivity index (χ1n) is 5.25. The van der Waals surface area contributed by atoms with Crippen molar-refractivity contribution in [3.63, 3.8) is 0 Å². The summed E-state index contributed by atoms with van der Waals surface area (Å²) in [6, 6.07) is 5.24. The van der Waals surface area contributed by atoms with Crippen LogP contribution in [-0.4, -0.2) is 19.0 Å². The van der Waals surface area contributed by atoms with E-state index in [9.17, 15) is 22.8 Å². The summed E-state index contributed by atoms with van der Waals surface area (Å²) in [6.07, 6.45) is -4.56. The summed E-state index contributed by atoms with van der Waals surface area (Å²) in [4.78, 5) is 22.7. The maximum atomic E-state index is 12.5. The van der Waals surface area contributed by atoms with Gasteiger partial charge in [-0.05, 0) is 18.2 Å². The van der Waals surface area contributed by atoms with Gasteiger partial charge in [-0.3, -0.25) is 9.59 Å². The summed E-state index contributed by atoms with van der Waals surface area (Å²) < 4.78 is 41.7. The average molecular weight is 286 g/mol. The van der Waals surface area contributed by atoms with E-state index >= 15 is 0 Å². The van der Waals surface area contributed by atoms with Gasteiger partial charge in [-0.2, -0.15) is 18.4 Å². The Morgan fingerprint density at radius 2 is 2.05 bits per heavy atom. The standard InChI is InChI=1S/C12H9F3N2O3/c1-20-11(19)9(6-16)10(18)17-8-4-2-3-7(5-8)12(13,14)15/h2-5,9H,1H3,(H,17,18). The number of carbonyl (C=O) groups excluding carboxylic acids is 2. The first kappa shape index (κ1) is 15.5. The van der Waals surface area contributed by atoms with Crippen LogP contribution in [0.4, 0.5) is 18.9 Å². The van der Waals surface area contributed by atoms with Crippen molar-refractivity contribution in [2.75, 3.05) is 12.4 Å². The van der Waals surface area contributed by atoms with Gasteiger partial charge in [-0.1, -0.05) is 6.07 Å². The van der Waals surface area contributed by atoms with E-state index in [2.05, 4.69) is 10.1 Å². The van der Waals surface area contributed by atoms with Crippen molar-refractivity contribution in [3.8, 4) is 6.07 Å². The van der Waals surface area contributed by atoms with E-state index in [1.54, 1.807) is 0 Å². The van der Waals surface area contributed by atoms with Crippen LogP contribution in [-0.2, 0) is 20.5 Å². The fraction of sp³-hybridized carbons (Fsp3) is 0.250. The highest BCUT2D eigenvalue weighted by Crippen LogP contribution is 2.30. The Morgan fingerprint density at radius 3 is 2.55 bits per heavy atom. The number of benzene rings is 1. The molecule has 0 fully saturated rings. The average Bonchev–Trinajstić information content (AvgIpc) is 2.38. The number of nitrogens with zero attached hydrogens (tertiary/aromatic N) is 1. The van der Waals surface area contributed by atoms with Gasteiger partial charge in [-0.25, -0.2) is 0 Å². The molecule has 1 aromatic carbocycles. The second kappa shape index (κ2) is 6.06. The predicted molar refractivity (Wildman–Crippen MR) is 61.2 cm³/mol. The maximum Gasteiger partial charge on any atom is 0.416 e. The Bertz CT molecular complexity index is 564. The van der Waals surface area contributed by atoms with Gasteiger partial charge < -0.3 is 10.1 Å². The van der Waals surface area contributed by atoms with Gasteiger partial charge in [0, 0.05) is 5.69 Å². The lowest BCUT2D eigenvalue weighted by Crippen LogP contribution is -2.29. The second-order valence-electron chi connectivity index (χ2n) is 3.65. The quantitative estimate of drug-likeness (QED) is 0.680. The van der Waals surface area contributed by atoms with E-state index in [-0.39, 0.29) is 5.69 Å². The molecule has 0 aliphatic carbocycles. The molecule has 106 valence electrons. The molecular weight excluding hydrogens is 277 g/mol. The molecule has 0 aliphatic heterocycles. The van der Waals surface area contributed by atoms with Crippen LogP contribution in [0.15, 0.2) is 24.3 Å². The van der Waals surface area contributed by atoms with E-state index in [0.29, 0.717) is 6.07 Å². The second-order valence-corrected chi connectivity index (χ2v) is 3.65. The molecule has 20 heavy (non-hydrogen) atoms. The molecule has 1 unspecified atom stereocenters. The molecule has 1 amide bonds. The highest BCUT2D eigenvalue weighted by Gasteiger charge is 2.31. The molecule has 0 spiro atoms. The zero-order valence-corrected chi connectivity index (χ0v) is 10.2. The Labute approximate surface area is 111 Å². The van der Waals surface area contributed by atoms with Crippen LogP contribution >= 0.6 is 0 Å². The van der Waals surface area contributed by atoms with Crippen molar-refractivity contribution in [3.05, 3.63) is 29.8 Å². The van der Waals surface area contributed by atoms with Crippen molar-refractivity contribution >= 4 is 17.6 Å². The first-order valence-corrected chi connectivity index (χ1v) is 5.25. The fourth-order valence-corrected chi connectivity index (χ4v) is 1.32. The number of amides is 1. The van der Waals surface area contributed by atoms with Gasteiger partial charge in [0.1, 0.15) is 0 Å². The molecule has 1 aromatic rings. The minimum Gasteiger partial charge on any atom is -0.468 e. The van der Waals surface area contributed by atoms with Crippen molar-refractivity contribution in [1.82, 2.24) is 0 Å². The van der Waals surface area contributed by atoms with Gasteiger partial charge in [0.05, 0.1) is 18.7 Å². The lowest BCUT2D eigenvalue weighted by Gasteiger charge is -2.11. The number of hydrogen-bond donors (Lipinski definition) is 1. The molecule has 0 heterocycles. The van der Waals surface area contributed by atoms with Crippen molar-refractivity contribution in [2.24, 2.45) is 5.92 Å². The minimum atomic E-state index is -4.56. The van der Waals surface area contributed by atoms with Crippen LogP contribution in [0.25, 0.3) is 0 Å². The molecule has 1 N–H and O–H groups in total. The Balaban J connectivity index is 2.92. The molecule has 0 saturated heterocycles. The van der Waals surface area contributed by atoms with E-state index in [1.807, 2.05) is 0 Å². The number of nitrogens with one attached hydrogen (secondary N) is 1. The monoisotopic (exact) mass is 286 g/mol. The molecule has 1 rings (SSSR count). The summed E-state index contributed by atoms with van der Waals surface area (Å²) in [6.45, 7) is 0. The third-order valence-electron chi connectivity index (χ3n) is 2.29. The highest BCUT2D eigenvalue weighted by atomic mass is 19.4. The molecular formula is C12H9F3N2O3. The molecule has 0 bridgehead atoms. The number of halogens is 3. The first-order chi connectivity index (χ1) is 9.29. The SMILES string of the molecule is COC(=O)C(C#N)C(=O)Nc1cccc(C(F)(F)F)c1. The van der Waals surface area contributed by atoms with Crippen molar-refractivity contribution < 1.29 is 27.5 Å². The number of anilines is 1. The van der Waals surface area contributed by atoms with Gasteiger partial charge in [-0.15, -0.1) is 0 Å². The highest BCUT2D eigenvalue weighted by molar-refractivity contribution is 6.06. The zero-order valence-electron chi connectivity index (χ0n) is 10.2. The van der Waals surface area contributed by atoms with E-state index in [0.717, 1.165) is 19.2 Å². The number of ether oxygens (including phenoxy) is 1. The predicted octanol–water partition coefficient (Wildman–Crippen LogP) is 1.96. The summed E-state index contributed by atoms with van der Waals surface area (Å²) in [5, 5.41) is 10.7. The van der Waals surface area contributed by atoms with Gasteiger partial charge in [0.2, 0.25) is 5.92 Å². The Kier molecular flexibility index (Phi) is 4.69. The molecule has 8 heteroatoms. The fourth-order valence-electron chi connectivity index (χ4n) is 1.32. The third-order valence-corrected chi connectivity index (χ3v) is 2.29. The normalized spacial score (nSPS) is 12.2. The summed E-state index contributed by atoms with van der Waals surface area (Å²) in [7, 11) is 0.990. The number of rotatable bonds is 3. The largest absolute Gasteiger partial charge is 0.468 e. The summed E-state index contributed by atoms with van der Waals surface area (Å²) >= 11 is 0. The lowest BCUT2D eigenvalue weighted by atomic mass is 10.1. The van der Waals surface area contributed by atoms with Gasteiger partial charge in [0.15, 0.2) is 0 Å². The molecule has 1 atom stereocenters. The molecule has 0 radical (unpaired) electrons. The summed E-state index contributed by atoms with van der Waals surface area (Å²) in [5.41, 5.74) is -1.13. The number of nitriles is 1. The molecule has 0 saturated carbocycles. The topological polar surface area (TPSA) is 79.2 Å². The van der Waals surface area contributed by atoms with Gasteiger partial charge in [0.25, 0.3) is 5.91 Å². The number of esters is 1. The van der Waals surface area contributed by atoms with Crippen LogP contribution < -0.4 is 5.32 Å². The van der Waals surface area contributed by atoms with E-state index < -0.39 is 29.5 Å². The maximum absolute atomic E-state index is 12.5. The van der Waals surface area contributed by atoms with Crippen LogP contribution in [0, 0.1) is 17.2 Å². The Hall–Kier alpha value is -2.56. The van der Waals surface area contributed by atoms with Gasteiger partial charge >= 0.3 is 12.1 Å². The summed E-state index contributed by atoms with van der Waals surface area (Å²) in [5.74, 6) is -3.88. The minimum absolute atomic E-state index is 0.172. The van der Waals surface area contributed by atoms with Crippen LogP contribution in [0.5, 0.6) is 0 Å². The lowest BCUT2D eigenvalue weighted by molar-refractivity contribution is -0.146. The zero-order chi connectivity index (χ0) is 15.3. The smallest absolute Gasteiger partial charge is 0.416 e. The van der Waals surface area contributed by atoms with Crippen molar-refractivity contribution in [1.29, 1.82) is 5.26 Å². The van der Waals surface area contributed by atoms with Crippen molar-refractivity contribution in [2.45, 2.75) is 6.18 Å². The third kappa shape index (κ3) is 3.71. The number of hydrogen-bond acceptors (Lipinski definition) is 4. The van der Waals surface area contributed by atoms with Crippen LogP contribution in [0.2, 0.25) is 0 Å². The number of alkyl halides is 3.